The minimum Gasteiger partial charge on any atom is -0.452 e. The van der Waals surface area contributed by atoms with Crippen molar-refractivity contribution in [2.75, 3.05) is 4.90 Å². The van der Waals surface area contributed by atoms with Gasteiger partial charge in [-0.15, -0.1) is 0 Å². The lowest BCUT2D eigenvalue weighted by atomic mass is 9.82. The molecular weight excluding hydrogens is 597 g/mol. The summed E-state index contributed by atoms with van der Waals surface area (Å²) in [4.78, 5) is 6.69. The summed E-state index contributed by atoms with van der Waals surface area (Å²) in [6.45, 7) is 4.67. The predicted octanol–water partition coefficient (Wildman–Crippen LogP) is 12.7. The molecule has 2 aromatic heterocycles. The SMILES string of the molecule is CC1(C)c2ccccc2-c2ccc(N(c3ccc(-c4cc5ccccc5c5ccccc45)cc3)c3cccc4c3oc3cnccc34)cc21. The molecule has 0 N–H and O–H groups in total. The van der Waals surface area contributed by atoms with E-state index in [-0.39, 0.29) is 5.41 Å². The van der Waals surface area contributed by atoms with Crippen LogP contribution in [0.25, 0.3) is 65.7 Å². The first kappa shape index (κ1) is 27.9. The van der Waals surface area contributed by atoms with Crippen LogP contribution in [0.5, 0.6) is 0 Å². The summed E-state index contributed by atoms with van der Waals surface area (Å²) in [6, 6.07) is 52.9. The Morgan fingerprint density at radius 2 is 1.24 bits per heavy atom. The number of fused-ring (bicyclic) bond motifs is 9. The highest BCUT2D eigenvalue weighted by Crippen LogP contribution is 2.51. The van der Waals surface area contributed by atoms with Gasteiger partial charge in [-0.25, -0.2) is 0 Å². The van der Waals surface area contributed by atoms with Gasteiger partial charge in [0.2, 0.25) is 0 Å². The second kappa shape index (κ2) is 10.4. The van der Waals surface area contributed by atoms with Gasteiger partial charge in [-0.3, -0.25) is 4.98 Å². The lowest BCUT2D eigenvalue weighted by Crippen LogP contribution is -2.16. The number of hydrogen-bond donors (Lipinski definition) is 0. The van der Waals surface area contributed by atoms with Gasteiger partial charge in [0.25, 0.3) is 0 Å². The lowest BCUT2D eigenvalue weighted by molar-refractivity contribution is 0.660. The summed E-state index contributed by atoms with van der Waals surface area (Å²) in [5.41, 5.74) is 12.4. The van der Waals surface area contributed by atoms with Crippen LogP contribution in [0.4, 0.5) is 17.1 Å². The largest absolute Gasteiger partial charge is 0.452 e. The van der Waals surface area contributed by atoms with Crippen molar-refractivity contribution in [1.82, 2.24) is 4.98 Å². The Labute approximate surface area is 284 Å². The molecule has 1 aliphatic rings. The first-order chi connectivity index (χ1) is 24.1. The molecule has 0 atom stereocenters. The average molecular weight is 629 g/mol. The van der Waals surface area contributed by atoms with E-state index in [1.165, 1.54) is 54.9 Å². The predicted molar refractivity (Wildman–Crippen MR) is 204 cm³/mol. The molecule has 0 saturated carbocycles. The van der Waals surface area contributed by atoms with E-state index in [1.54, 1.807) is 6.20 Å². The van der Waals surface area contributed by atoms with Gasteiger partial charge in [-0.1, -0.05) is 117 Å². The molecule has 0 saturated heterocycles. The van der Waals surface area contributed by atoms with Gasteiger partial charge in [0, 0.05) is 33.8 Å². The van der Waals surface area contributed by atoms with E-state index in [2.05, 4.69) is 163 Å². The number of aromatic nitrogens is 1. The molecule has 10 rings (SSSR count). The summed E-state index contributed by atoms with van der Waals surface area (Å²) >= 11 is 0. The Hall–Kier alpha value is -6.19. The van der Waals surface area contributed by atoms with Gasteiger partial charge >= 0.3 is 0 Å². The normalized spacial score (nSPS) is 13.3. The number of anilines is 3. The molecule has 1 aliphatic carbocycles. The third-order valence-corrected chi connectivity index (χ3v) is 10.6. The van der Waals surface area contributed by atoms with Gasteiger partial charge in [-0.2, -0.15) is 0 Å². The molecule has 0 radical (unpaired) electrons. The lowest BCUT2D eigenvalue weighted by Gasteiger charge is -2.28. The maximum atomic E-state index is 6.57. The van der Waals surface area contributed by atoms with E-state index >= 15 is 0 Å². The van der Waals surface area contributed by atoms with Crippen molar-refractivity contribution in [1.29, 1.82) is 0 Å². The van der Waals surface area contributed by atoms with E-state index in [9.17, 15) is 0 Å². The van der Waals surface area contributed by atoms with Crippen LogP contribution in [-0.2, 0) is 5.41 Å². The third-order valence-electron chi connectivity index (χ3n) is 10.6. The molecule has 0 aliphatic heterocycles. The van der Waals surface area contributed by atoms with E-state index in [0.717, 1.165) is 39.0 Å². The van der Waals surface area contributed by atoms with Crippen LogP contribution in [-0.4, -0.2) is 4.98 Å². The second-order valence-corrected chi connectivity index (χ2v) is 13.6. The van der Waals surface area contributed by atoms with Gasteiger partial charge in [0.05, 0.1) is 11.9 Å². The number of pyridine rings is 1. The molecule has 2 heterocycles. The molecule has 3 nitrogen and oxygen atoms in total. The van der Waals surface area contributed by atoms with Crippen molar-refractivity contribution in [3.8, 4) is 22.3 Å². The fourth-order valence-electron chi connectivity index (χ4n) is 8.16. The van der Waals surface area contributed by atoms with Crippen LogP contribution in [0.15, 0.2) is 162 Å². The quantitative estimate of drug-likeness (QED) is 0.182. The van der Waals surface area contributed by atoms with Crippen LogP contribution in [0.3, 0.4) is 0 Å². The summed E-state index contributed by atoms with van der Waals surface area (Å²) in [7, 11) is 0. The minimum atomic E-state index is -0.119. The smallest absolute Gasteiger partial charge is 0.159 e. The number of hydrogen-bond acceptors (Lipinski definition) is 3. The number of nitrogens with zero attached hydrogens (tertiary/aromatic N) is 2. The zero-order valence-electron chi connectivity index (χ0n) is 27.3. The van der Waals surface area contributed by atoms with Crippen molar-refractivity contribution >= 4 is 60.5 Å². The van der Waals surface area contributed by atoms with Crippen LogP contribution in [0.2, 0.25) is 0 Å². The maximum Gasteiger partial charge on any atom is 0.159 e. The van der Waals surface area contributed by atoms with Gasteiger partial charge in [0.15, 0.2) is 11.2 Å². The number of rotatable bonds is 4. The molecule has 49 heavy (non-hydrogen) atoms. The van der Waals surface area contributed by atoms with E-state index in [4.69, 9.17) is 4.42 Å². The topological polar surface area (TPSA) is 29.3 Å². The third kappa shape index (κ3) is 4.12. The number of para-hydroxylation sites is 1. The highest BCUT2D eigenvalue weighted by Gasteiger charge is 2.36. The monoisotopic (exact) mass is 628 g/mol. The molecule has 3 heteroatoms. The van der Waals surface area contributed by atoms with Crippen LogP contribution >= 0.6 is 0 Å². The molecule has 0 unspecified atom stereocenters. The fourth-order valence-corrected chi connectivity index (χ4v) is 8.16. The maximum absolute atomic E-state index is 6.57. The molecule has 232 valence electrons. The highest BCUT2D eigenvalue weighted by atomic mass is 16.3. The molecule has 0 amide bonds. The van der Waals surface area contributed by atoms with Crippen molar-refractivity contribution in [3.05, 3.63) is 169 Å². The molecule has 9 aromatic rings. The number of benzene rings is 7. The Morgan fingerprint density at radius 1 is 0.531 bits per heavy atom. The summed E-state index contributed by atoms with van der Waals surface area (Å²) in [6.07, 6.45) is 3.64. The standard InChI is InChI=1S/C46H32N2O/c1-46(2)41-16-8-7-14-36(41)37-23-22-32(27-42(37)46)48(43-17-9-15-39-38-24-25-47-28-44(38)49-45(39)43)31-20-18-29(19-21-31)40-26-30-10-3-4-11-33(30)34-12-5-6-13-35(34)40/h3-28H,1-2H3. The van der Waals surface area contributed by atoms with Crippen LogP contribution in [0, 0.1) is 0 Å². The van der Waals surface area contributed by atoms with Gasteiger partial charge in [-0.05, 0) is 97.4 Å². The molecule has 0 bridgehead atoms. The summed E-state index contributed by atoms with van der Waals surface area (Å²) < 4.78 is 6.57. The van der Waals surface area contributed by atoms with Crippen molar-refractivity contribution in [2.24, 2.45) is 0 Å². The van der Waals surface area contributed by atoms with E-state index < -0.39 is 0 Å². The van der Waals surface area contributed by atoms with Crippen molar-refractivity contribution in [3.63, 3.8) is 0 Å². The van der Waals surface area contributed by atoms with Crippen LogP contribution in [0.1, 0.15) is 25.0 Å². The number of furan rings is 1. The molecule has 0 spiro atoms. The zero-order valence-corrected chi connectivity index (χ0v) is 27.3. The first-order valence-corrected chi connectivity index (χ1v) is 16.9. The van der Waals surface area contributed by atoms with Gasteiger partial charge in [0.1, 0.15) is 0 Å². The Morgan fingerprint density at radius 3 is 2.12 bits per heavy atom. The average Bonchev–Trinajstić information content (AvgIpc) is 3.64. The fraction of sp³-hybridized carbons (Fsp3) is 0.0652. The first-order valence-electron chi connectivity index (χ1n) is 16.9. The molecule has 0 fully saturated rings. The highest BCUT2D eigenvalue weighted by molar-refractivity contribution is 6.14. The van der Waals surface area contributed by atoms with E-state index in [1.807, 2.05) is 12.3 Å². The van der Waals surface area contributed by atoms with E-state index in [0.29, 0.717) is 0 Å². The minimum absolute atomic E-state index is 0.119. The molecular formula is C46H32N2O. The van der Waals surface area contributed by atoms with Gasteiger partial charge < -0.3 is 9.32 Å². The Bertz CT molecular complexity index is 2750. The zero-order chi connectivity index (χ0) is 32.7. The Balaban J connectivity index is 1.18. The second-order valence-electron chi connectivity index (χ2n) is 13.6. The summed E-state index contributed by atoms with van der Waals surface area (Å²) in [5, 5.41) is 7.19. The van der Waals surface area contributed by atoms with Crippen molar-refractivity contribution < 1.29 is 4.42 Å². The Kier molecular flexibility index (Phi) is 5.92. The summed E-state index contributed by atoms with van der Waals surface area (Å²) in [5.74, 6) is 0. The van der Waals surface area contributed by atoms with Crippen molar-refractivity contribution in [2.45, 2.75) is 19.3 Å². The van der Waals surface area contributed by atoms with Crippen LogP contribution < -0.4 is 4.90 Å². The molecule has 7 aromatic carbocycles.